The van der Waals surface area contributed by atoms with Gasteiger partial charge in [-0.2, -0.15) is 0 Å². The second-order valence-corrected chi connectivity index (χ2v) is 4.40. The molecule has 0 aliphatic heterocycles. The van der Waals surface area contributed by atoms with Crippen molar-refractivity contribution in [3.05, 3.63) is 65.7 Å². The standard InChI is InChI=1S/C16H15NO3/c1-11(18)17-14-10-6-5-9-13(14)16(20)15(19)12-7-3-2-4-8-12/h2-10,15,19H,1H3,(H,17,18). The lowest BCUT2D eigenvalue weighted by atomic mass is 9.98. The van der Waals surface area contributed by atoms with E-state index in [0.29, 0.717) is 16.8 Å². The maximum atomic E-state index is 12.3. The molecule has 1 amide bonds. The van der Waals surface area contributed by atoms with Gasteiger partial charge in [-0.25, -0.2) is 0 Å². The Kier molecular flexibility index (Phi) is 4.27. The molecule has 0 fully saturated rings. The smallest absolute Gasteiger partial charge is 0.221 e. The molecule has 0 heterocycles. The first-order chi connectivity index (χ1) is 9.59. The van der Waals surface area contributed by atoms with Crippen molar-refractivity contribution >= 4 is 17.4 Å². The van der Waals surface area contributed by atoms with Crippen molar-refractivity contribution in [2.24, 2.45) is 0 Å². The minimum absolute atomic E-state index is 0.264. The van der Waals surface area contributed by atoms with E-state index in [1.807, 2.05) is 6.07 Å². The fourth-order valence-corrected chi connectivity index (χ4v) is 1.93. The summed E-state index contributed by atoms with van der Waals surface area (Å²) in [5.74, 6) is -0.708. The Morgan fingerprint density at radius 3 is 2.25 bits per heavy atom. The van der Waals surface area contributed by atoms with Crippen LogP contribution in [-0.4, -0.2) is 16.8 Å². The van der Waals surface area contributed by atoms with Crippen molar-refractivity contribution in [2.45, 2.75) is 13.0 Å². The van der Waals surface area contributed by atoms with E-state index in [0.717, 1.165) is 0 Å². The number of ketones is 1. The third-order valence-electron chi connectivity index (χ3n) is 2.87. The van der Waals surface area contributed by atoms with Gasteiger partial charge in [-0.1, -0.05) is 42.5 Å². The van der Waals surface area contributed by atoms with Crippen LogP contribution in [0.3, 0.4) is 0 Å². The molecule has 0 aliphatic carbocycles. The Bertz CT molecular complexity index is 623. The third-order valence-corrected chi connectivity index (χ3v) is 2.87. The summed E-state index contributed by atoms with van der Waals surface area (Å²) in [5.41, 5.74) is 1.22. The van der Waals surface area contributed by atoms with Gasteiger partial charge in [0.15, 0.2) is 5.78 Å². The van der Waals surface area contributed by atoms with Gasteiger partial charge < -0.3 is 10.4 Å². The average Bonchev–Trinajstić information content (AvgIpc) is 2.46. The van der Waals surface area contributed by atoms with Crippen LogP contribution in [0.4, 0.5) is 5.69 Å². The number of benzene rings is 2. The van der Waals surface area contributed by atoms with Crippen LogP contribution in [0.2, 0.25) is 0 Å². The Morgan fingerprint density at radius 2 is 1.60 bits per heavy atom. The molecule has 0 aliphatic rings. The van der Waals surface area contributed by atoms with Crippen LogP contribution in [0, 0.1) is 0 Å². The molecule has 0 saturated carbocycles. The fraction of sp³-hybridized carbons (Fsp3) is 0.125. The molecule has 2 aromatic rings. The second kappa shape index (κ2) is 6.12. The molecule has 4 nitrogen and oxygen atoms in total. The predicted octanol–water partition coefficient (Wildman–Crippen LogP) is 2.56. The summed E-state index contributed by atoms with van der Waals surface area (Å²) in [5, 5.41) is 12.7. The maximum Gasteiger partial charge on any atom is 0.221 e. The van der Waals surface area contributed by atoms with Crippen LogP contribution < -0.4 is 5.32 Å². The number of nitrogens with one attached hydrogen (secondary N) is 1. The van der Waals surface area contributed by atoms with E-state index >= 15 is 0 Å². The highest BCUT2D eigenvalue weighted by atomic mass is 16.3. The zero-order valence-corrected chi connectivity index (χ0v) is 11.0. The highest BCUT2D eigenvalue weighted by Crippen LogP contribution is 2.23. The minimum atomic E-state index is -1.24. The summed E-state index contributed by atoms with van der Waals surface area (Å²) in [4.78, 5) is 23.5. The van der Waals surface area contributed by atoms with Crippen molar-refractivity contribution < 1.29 is 14.7 Å². The summed E-state index contributed by atoms with van der Waals surface area (Å²) in [7, 11) is 0. The highest BCUT2D eigenvalue weighted by molar-refractivity contribution is 6.06. The van der Waals surface area contributed by atoms with Gasteiger partial charge in [0.05, 0.1) is 5.69 Å². The van der Waals surface area contributed by atoms with Crippen LogP contribution in [0.5, 0.6) is 0 Å². The van der Waals surface area contributed by atoms with Crippen LogP contribution in [0.25, 0.3) is 0 Å². The van der Waals surface area contributed by atoms with Crippen LogP contribution in [-0.2, 0) is 4.79 Å². The lowest BCUT2D eigenvalue weighted by Crippen LogP contribution is -2.16. The lowest BCUT2D eigenvalue weighted by Gasteiger charge is -2.13. The molecule has 0 spiro atoms. The molecule has 102 valence electrons. The van der Waals surface area contributed by atoms with E-state index in [4.69, 9.17) is 0 Å². The molecule has 2 N–H and O–H groups in total. The summed E-state index contributed by atoms with van der Waals surface area (Å²) in [6.07, 6.45) is -1.24. The first-order valence-corrected chi connectivity index (χ1v) is 6.23. The molecule has 2 rings (SSSR count). The Hall–Kier alpha value is -2.46. The zero-order valence-electron chi connectivity index (χ0n) is 11.0. The summed E-state index contributed by atoms with van der Waals surface area (Å²) >= 11 is 0. The molecule has 2 aromatic carbocycles. The van der Waals surface area contributed by atoms with Gasteiger partial charge >= 0.3 is 0 Å². The largest absolute Gasteiger partial charge is 0.380 e. The van der Waals surface area contributed by atoms with Crippen molar-refractivity contribution in [1.29, 1.82) is 0 Å². The summed E-state index contributed by atoms with van der Waals surface area (Å²) < 4.78 is 0. The number of aliphatic hydroxyl groups excluding tert-OH is 1. The van der Waals surface area contributed by atoms with Gasteiger partial charge in [0.25, 0.3) is 0 Å². The monoisotopic (exact) mass is 269 g/mol. The number of para-hydroxylation sites is 1. The highest BCUT2D eigenvalue weighted by Gasteiger charge is 2.21. The van der Waals surface area contributed by atoms with Gasteiger partial charge in [-0.05, 0) is 17.7 Å². The number of carbonyl (C=O) groups excluding carboxylic acids is 2. The van der Waals surface area contributed by atoms with Gasteiger partial charge in [0.2, 0.25) is 5.91 Å². The molecule has 4 heteroatoms. The Labute approximate surface area is 117 Å². The summed E-state index contributed by atoms with van der Waals surface area (Å²) in [6.45, 7) is 1.37. The van der Waals surface area contributed by atoms with E-state index in [9.17, 15) is 14.7 Å². The van der Waals surface area contributed by atoms with Crippen molar-refractivity contribution in [1.82, 2.24) is 0 Å². The predicted molar refractivity (Wildman–Crippen MR) is 76.5 cm³/mol. The number of carbonyl (C=O) groups is 2. The molecule has 0 aromatic heterocycles. The number of aliphatic hydroxyl groups is 1. The van der Waals surface area contributed by atoms with Gasteiger partial charge in [-0.3, -0.25) is 9.59 Å². The quantitative estimate of drug-likeness (QED) is 0.838. The van der Waals surface area contributed by atoms with Crippen LogP contribution in [0.1, 0.15) is 28.9 Å². The first-order valence-electron chi connectivity index (χ1n) is 6.23. The van der Waals surface area contributed by atoms with Crippen molar-refractivity contribution in [2.75, 3.05) is 5.32 Å². The summed E-state index contributed by atoms with van der Waals surface area (Å²) in [6, 6.07) is 15.3. The zero-order chi connectivity index (χ0) is 14.5. The number of hydrogen-bond donors (Lipinski definition) is 2. The van der Waals surface area contributed by atoms with E-state index in [-0.39, 0.29) is 5.91 Å². The molecular weight excluding hydrogens is 254 g/mol. The normalized spacial score (nSPS) is 11.7. The van der Waals surface area contributed by atoms with E-state index in [1.165, 1.54) is 6.92 Å². The molecule has 0 radical (unpaired) electrons. The lowest BCUT2D eigenvalue weighted by molar-refractivity contribution is -0.114. The molecule has 1 unspecified atom stereocenters. The fourth-order valence-electron chi connectivity index (χ4n) is 1.93. The number of amides is 1. The number of hydrogen-bond acceptors (Lipinski definition) is 3. The van der Waals surface area contributed by atoms with E-state index < -0.39 is 11.9 Å². The van der Waals surface area contributed by atoms with Crippen LogP contribution >= 0.6 is 0 Å². The maximum absolute atomic E-state index is 12.3. The first kappa shape index (κ1) is 14.0. The average molecular weight is 269 g/mol. The van der Waals surface area contributed by atoms with Gasteiger partial charge in [-0.15, -0.1) is 0 Å². The van der Waals surface area contributed by atoms with Crippen molar-refractivity contribution in [3.63, 3.8) is 0 Å². The Balaban J connectivity index is 2.32. The van der Waals surface area contributed by atoms with E-state index in [2.05, 4.69) is 5.32 Å². The topological polar surface area (TPSA) is 66.4 Å². The molecule has 1 atom stereocenters. The molecule has 0 bridgehead atoms. The number of Topliss-reactive ketones (excluding diaryl/α,β-unsaturated/α-hetero) is 1. The van der Waals surface area contributed by atoms with Gasteiger partial charge in [0, 0.05) is 12.5 Å². The second-order valence-electron chi connectivity index (χ2n) is 4.40. The SMILES string of the molecule is CC(=O)Nc1ccccc1C(=O)C(O)c1ccccc1. The van der Waals surface area contributed by atoms with Gasteiger partial charge in [0.1, 0.15) is 6.10 Å². The molecule has 0 saturated heterocycles. The molecular formula is C16H15NO3. The van der Waals surface area contributed by atoms with E-state index in [1.54, 1.807) is 48.5 Å². The van der Waals surface area contributed by atoms with Crippen LogP contribution in [0.15, 0.2) is 54.6 Å². The van der Waals surface area contributed by atoms with Crippen molar-refractivity contribution in [3.8, 4) is 0 Å². The minimum Gasteiger partial charge on any atom is -0.380 e. The number of rotatable bonds is 4. The number of anilines is 1. The molecule has 20 heavy (non-hydrogen) atoms. The Morgan fingerprint density at radius 1 is 1.00 bits per heavy atom. The third kappa shape index (κ3) is 3.10.